The van der Waals surface area contributed by atoms with Gasteiger partial charge in [-0.1, -0.05) is 17.7 Å². The summed E-state index contributed by atoms with van der Waals surface area (Å²) in [5.74, 6) is 0.545. The number of benzene rings is 2. The second-order valence-electron chi connectivity index (χ2n) is 8.93. The summed E-state index contributed by atoms with van der Waals surface area (Å²) in [5.41, 5.74) is 3.08. The first kappa shape index (κ1) is 22.6. The predicted octanol–water partition coefficient (Wildman–Crippen LogP) is 4.41. The number of carbonyl (C=O) groups excluding carboxylic acids is 3. The molecule has 1 aliphatic carbocycles. The van der Waals surface area contributed by atoms with E-state index in [-0.39, 0.29) is 23.9 Å². The quantitative estimate of drug-likeness (QED) is 0.525. The van der Waals surface area contributed by atoms with Crippen molar-refractivity contribution in [1.82, 2.24) is 10.2 Å². The van der Waals surface area contributed by atoms with E-state index in [2.05, 4.69) is 21.3 Å². The average molecular weight is 450 g/mol. The molecule has 2 fully saturated rings. The van der Waals surface area contributed by atoms with E-state index in [4.69, 9.17) is 0 Å². The SMILES string of the molecule is Cc1ccc(NC(=O)Nc2ccc(NC(=O)N3CCC[C@H](C(=O)NCC4CC4)C3)cc2)cc1. The van der Waals surface area contributed by atoms with Crippen LogP contribution in [0.25, 0.3) is 0 Å². The number of amides is 5. The third-order valence-corrected chi connectivity index (χ3v) is 6.04. The number of nitrogens with one attached hydrogen (secondary N) is 4. The van der Waals surface area contributed by atoms with Crippen molar-refractivity contribution in [3.05, 3.63) is 54.1 Å². The van der Waals surface area contributed by atoms with E-state index in [1.807, 2.05) is 31.2 Å². The van der Waals surface area contributed by atoms with Gasteiger partial charge in [-0.2, -0.15) is 0 Å². The van der Waals surface area contributed by atoms with Crippen LogP contribution in [-0.2, 0) is 4.79 Å². The fourth-order valence-corrected chi connectivity index (χ4v) is 3.86. The van der Waals surface area contributed by atoms with Crippen molar-refractivity contribution >= 4 is 35.0 Å². The van der Waals surface area contributed by atoms with Crippen molar-refractivity contribution < 1.29 is 14.4 Å². The molecule has 8 heteroatoms. The number of nitrogens with zero attached hydrogens (tertiary/aromatic N) is 1. The highest BCUT2D eigenvalue weighted by Gasteiger charge is 2.30. The topological polar surface area (TPSA) is 103 Å². The van der Waals surface area contributed by atoms with Gasteiger partial charge in [0.2, 0.25) is 5.91 Å². The Morgan fingerprint density at radius 3 is 2.03 bits per heavy atom. The van der Waals surface area contributed by atoms with Crippen LogP contribution in [0.3, 0.4) is 0 Å². The summed E-state index contributed by atoms with van der Waals surface area (Å²) in [6.07, 6.45) is 4.02. The van der Waals surface area contributed by atoms with Crippen LogP contribution in [0.15, 0.2) is 48.5 Å². The largest absolute Gasteiger partial charge is 0.356 e. The number of piperidine rings is 1. The molecule has 1 atom stereocenters. The highest BCUT2D eigenvalue weighted by molar-refractivity contribution is 6.00. The molecule has 33 heavy (non-hydrogen) atoms. The monoisotopic (exact) mass is 449 g/mol. The Kier molecular flexibility index (Phi) is 7.12. The van der Waals surface area contributed by atoms with Gasteiger partial charge in [0, 0.05) is 36.7 Å². The van der Waals surface area contributed by atoms with Crippen molar-refractivity contribution in [1.29, 1.82) is 0 Å². The van der Waals surface area contributed by atoms with Gasteiger partial charge in [-0.3, -0.25) is 4.79 Å². The van der Waals surface area contributed by atoms with Gasteiger partial charge in [-0.05, 0) is 74.9 Å². The molecule has 4 rings (SSSR count). The van der Waals surface area contributed by atoms with Crippen LogP contribution in [-0.4, -0.2) is 42.5 Å². The Morgan fingerprint density at radius 2 is 1.42 bits per heavy atom. The van der Waals surface area contributed by atoms with Gasteiger partial charge in [0.15, 0.2) is 0 Å². The lowest BCUT2D eigenvalue weighted by molar-refractivity contribution is -0.126. The highest BCUT2D eigenvalue weighted by Crippen LogP contribution is 2.28. The molecule has 8 nitrogen and oxygen atoms in total. The van der Waals surface area contributed by atoms with Crippen LogP contribution in [0.5, 0.6) is 0 Å². The van der Waals surface area contributed by atoms with Crippen LogP contribution < -0.4 is 21.3 Å². The van der Waals surface area contributed by atoms with Crippen molar-refractivity contribution in [3.8, 4) is 0 Å². The molecule has 0 bridgehead atoms. The fraction of sp³-hybridized carbons (Fsp3) is 0.400. The second kappa shape index (κ2) is 10.4. The van der Waals surface area contributed by atoms with Gasteiger partial charge in [0.05, 0.1) is 5.92 Å². The molecule has 5 amide bonds. The smallest absolute Gasteiger partial charge is 0.323 e. The average Bonchev–Trinajstić information content (AvgIpc) is 3.65. The lowest BCUT2D eigenvalue weighted by Crippen LogP contribution is -2.47. The number of aryl methyl sites for hydroxylation is 1. The summed E-state index contributed by atoms with van der Waals surface area (Å²) in [7, 11) is 0. The summed E-state index contributed by atoms with van der Waals surface area (Å²) in [4.78, 5) is 39.0. The number of hydrogen-bond donors (Lipinski definition) is 4. The minimum Gasteiger partial charge on any atom is -0.356 e. The first-order chi connectivity index (χ1) is 16.0. The highest BCUT2D eigenvalue weighted by atomic mass is 16.2. The van der Waals surface area contributed by atoms with Crippen molar-refractivity contribution in [3.63, 3.8) is 0 Å². The predicted molar refractivity (Wildman–Crippen MR) is 129 cm³/mol. The van der Waals surface area contributed by atoms with Gasteiger partial charge in [-0.25, -0.2) is 9.59 Å². The van der Waals surface area contributed by atoms with Crippen molar-refractivity contribution in [2.75, 3.05) is 35.6 Å². The summed E-state index contributed by atoms with van der Waals surface area (Å²) in [6, 6.07) is 13.9. The first-order valence-electron chi connectivity index (χ1n) is 11.5. The number of urea groups is 2. The summed E-state index contributed by atoms with van der Waals surface area (Å²) in [6.45, 7) is 3.81. The summed E-state index contributed by atoms with van der Waals surface area (Å²) >= 11 is 0. The minimum absolute atomic E-state index is 0.0544. The molecule has 0 aromatic heterocycles. The van der Waals surface area contributed by atoms with Gasteiger partial charge >= 0.3 is 12.1 Å². The second-order valence-corrected chi connectivity index (χ2v) is 8.93. The molecular formula is C25H31N5O3. The zero-order valence-electron chi connectivity index (χ0n) is 18.9. The Hall–Kier alpha value is -3.55. The van der Waals surface area contributed by atoms with Gasteiger partial charge < -0.3 is 26.2 Å². The molecule has 4 N–H and O–H groups in total. The zero-order chi connectivity index (χ0) is 23.2. The number of likely N-dealkylation sites (tertiary alicyclic amines) is 1. The standard InChI is InChI=1S/C25H31N5O3/c1-17-4-8-20(9-5-17)27-24(32)28-21-10-12-22(13-11-21)29-25(33)30-14-2-3-19(16-30)23(31)26-15-18-6-7-18/h4-5,8-13,18-19H,2-3,6-7,14-16H2,1H3,(H,26,31)(H,29,33)(H2,27,28,32)/t19-/m0/s1. The van der Waals surface area contributed by atoms with Gasteiger partial charge in [-0.15, -0.1) is 0 Å². The van der Waals surface area contributed by atoms with E-state index < -0.39 is 0 Å². The molecule has 2 aromatic rings. The maximum Gasteiger partial charge on any atom is 0.323 e. The van der Waals surface area contributed by atoms with Gasteiger partial charge in [0.1, 0.15) is 0 Å². The Bertz CT molecular complexity index is 986. The van der Waals surface area contributed by atoms with Crippen LogP contribution in [0.2, 0.25) is 0 Å². The van der Waals surface area contributed by atoms with E-state index in [9.17, 15) is 14.4 Å². The Morgan fingerprint density at radius 1 is 0.848 bits per heavy atom. The van der Waals surface area contributed by atoms with E-state index in [1.54, 1.807) is 29.2 Å². The number of rotatable bonds is 6. The lowest BCUT2D eigenvalue weighted by atomic mass is 9.97. The molecule has 1 saturated heterocycles. The molecule has 0 radical (unpaired) electrons. The van der Waals surface area contributed by atoms with Crippen LogP contribution in [0.1, 0.15) is 31.2 Å². The van der Waals surface area contributed by atoms with Crippen molar-refractivity contribution in [2.24, 2.45) is 11.8 Å². The maximum atomic E-state index is 12.7. The molecule has 2 aliphatic rings. The van der Waals surface area contributed by atoms with E-state index in [0.717, 1.165) is 24.9 Å². The molecule has 0 spiro atoms. The third-order valence-electron chi connectivity index (χ3n) is 6.04. The van der Waals surface area contributed by atoms with Crippen molar-refractivity contribution in [2.45, 2.75) is 32.6 Å². The van der Waals surface area contributed by atoms with Crippen LogP contribution in [0.4, 0.5) is 26.7 Å². The first-order valence-corrected chi connectivity index (χ1v) is 11.5. The third kappa shape index (κ3) is 6.71. The summed E-state index contributed by atoms with van der Waals surface area (Å²) < 4.78 is 0. The van der Waals surface area contributed by atoms with Crippen LogP contribution in [0, 0.1) is 18.8 Å². The molecule has 0 unspecified atom stereocenters. The Labute approximate surface area is 194 Å². The lowest BCUT2D eigenvalue weighted by Gasteiger charge is -2.32. The number of anilines is 3. The number of carbonyl (C=O) groups is 3. The summed E-state index contributed by atoms with van der Waals surface area (Å²) in [5, 5.41) is 11.5. The Balaban J connectivity index is 1.24. The maximum absolute atomic E-state index is 12.7. The normalized spacial score (nSPS) is 17.7. The van der Waals surface area contributed by atoms with E-state index in [0.29, 0.717) is 36.1 Å². The molecule has 174 valence electrons. The van der Waals surface area contributed by atoms with E-state index >= 15 is 0 Å². The molecule has 1 heterocycles. The van der Waals surface area contributed by atoms with Crippen LogP contribution >= 0.6 is 0 Å². The fourth-order valence-electron chi connectivity index (χ4n) is 3.86. The molecular weight excluding hydrogens is 418 g/mol. The minimum atomic E-state index is -0.338. The van der Waals surface area contributed by atoms with Gasteiger partial charge in [0.25, 0.3) is 0 Å². The number of hydrogen-bond acceptors (Lipinski definition) is 3. The molecule has 2 aromatic carbocycles. The molecule has 1 saturated carbocycles. The van der Waals surface area contributed by atoms with E-state index in [1.165, 1.54) is 12.8 Å². The molecule has 1 aliphatic heterocycles. The zero-order valence-corrected chi connectivity index (χ0v) is 18.9.